The number of nitrogens with zero attached hydrogens (tertiary/aromatic N) is 2. The molecule has 0 bridgehead atoms. The van der Waals surface area contributed by atoms with E-state index in [-0.39, 0.29) is 6.61 Å². The molecule has 19 heavy (non-hydrogen) atoms. The minimum Gasteiger partial charge on any atom is -0.472 e. The standard InChI is InChI=1S/C13H11ClN2O2S/c1-2-9-4-3-5-10(13(14)17)11(9)8-18-12-6-7-16(19)15-12/h2-7,19H,1,8H2. The van der Waals surface area contributed by atoms with E-state index in [1.54, 1.807) is 30.5 Å². The van der Waals surface area contributed by atoms with Crippen molar-refractivity contribution < 1.29 is 9.53 Å². The van der Waals surface area contributed by atoms with Crippen molar-refractivity contribution in [2.45, 2.75) is 6.61 Å². The Balaban J connectivity index is 2.27. The molecule has 0 aliphatic heterocycles. The number of hydrogen-bond acceptors (Lipinski definition) is 4. The molecule has 4 nitrogen and oxygen atoms in total. The Kier molecular flexibility index (Phi) is 4.29. The van der Waals surface area contributed by atoms with Gasteiger partial charge < -0.3 is 4.74 Å². The maximum Gasteiger partial charge on any atom is 0.252 e. The summed E-state index contributed by atoms with van der Waals surface area (Å²) < 4.78 is 6.84. The summed E-state index contributed by atoms with van der Waals surface area (Å²) in [6.45, 7) is 3.89. The van der Waals surface area contributed by atoms with Crippen molar-refractivity contribution in [3.8, 4) is 5.88 Å². The van der Waals surface area contributed by atoms with Gasteiger partial charge in [0.15, 0.2) is 0 Å². The second kappa shape index (κ2) is 5.95. The molecular formula is C13H11ClN2O2S. The quantitative estimate of drug-likeness (QED) is 0.680. The molecule has 2 aromatic rings. The van der Waals surface area contributed by atoms with E-state index in [0.717, 1.165) is 5.56 Å². The summed E-state index contributed by atoms with van der Waals surface area (Å²) in [4.78, 5) is 11.4. The minimum absolute atomic E-state index is 0.181. The van der Waals surface area contributed by atoms with E-state index < -0.39 is 5.24 Å². The summed E-state index contributed by atoms with van der Waals surface area (Å²) in [5, 5.41) is 3.44. The number of thiol groups is 1. The fourth-order valence-corrected chi connectivity index (χ4v) is 1.99. The monoisotopic (exact) mass is 294 g/mol. The predicted octanol–water partition coefficient (Wildman–Crippen LogP) is 3.18. The molecular weight excluding hydrogens is 284 g/mol. The van der Waals surface area contributed by atoms with Crippen LogP contribution in [-0.2, 0) is 6.61 Å². The van der Waals surface area contributed by atoms with Crippen molar-refractivity contribution in [2.75, 3.05) is 0 Å². The van der Waals surface area contributed by atoms with Crippen molar-refractivity contribution in [3.63, 3.8) is 0 Å². The first kappa shape index (κ1) is 13.7. The Morgan fingerprint density at radius 2 is 2.32 bits per heavy atom. The van der Waals surface area contributed by atoms with E-state index in [0.29, 0.717) is 17.0 Å². The highest BCUT2D eigenvalue weighted by molar-refractivity contribution is 7.78. The van der Waals surface area contributed by atoms with Crippen LogP contribution in [0.1, 0.15) is 21.5 Å². The van der Waals surface area contributed by atoms with E-state index in [1.807, 2.05) is 6.07 Å². The Bertz CT molecular complexity index is 625. The maximum atomic E-state index is 11.4. The number of carbonyl (C=O) groups is 1. The van der Waals surface area contributed by atoms with E-state index >= 15 is 0 Å². The van der Waals surface area contributed by atoms with Crippen molar-refractivity contribution >= 4 is 35.7 Å². The topological polar surface area (TPSA) is 44.1 Å². The fourth-order valence-electron chi connectivity index (χ4n) is 1.66. The van der Waals surface area contributed by atoms with Gasteiger partial charge in [0.25, 0.3) is 5.24 Å². The molecule has 0 fully saturated rings. The first-order valence-electron chi connectivity index (χ1n) is 5.43. The summed E-state index contributed by atoms with van der Waals surface area (Å²) in [5.41, 5.74) is 1.90. The Labute approximate surface area is 121 Å². The lowest BCUT2D eigenvalue weighted by Crippen LogP contribution is -2.05. The third-order valence-electron chi connectivity index (χ3n) is 2.56. The van der Waals surface area contributed by atoms with E-state index in [2.05, 4.69) is 24.5 Å². The van der Waals surface area contributed by atoms with E-state index in [1.165, 1.54) is 4.09 Å². The lowest BCUT2D eigenvalue weighted by atomic mass is 10.0. The molecule has 6 heteroatoms. The highest BCUT2D eigenvalue weighted by Crippen LogP contribution is 2.20. The van der Waals surface area contributed by atoms with Crippen LogP contribution in [-0.4, -0.2) is 14.4 Å². The average Bonchev–Trinajstić information content (AvgIpc) is 2.81. The second-order valence-corrected chi connectivity index (χ2v) is 4.47. The molecule has 1 heterocycles. The third-order valence-corrected chi connectivity index (χ3v) is 2.99. The summed E-state index contributed by atoms with van der Waals surface area (Å²) in [7, 11) is 0. The van der Waals surface area contributed by atoms with Gasteiger partial charge in [-0.1, -0.05) is 24.8 Å². The molecule has 0 radical (unpaired) electrons. The maximum absolute atomic E-state index is 11.4. The highest BCUT2D eigenvalue weighted by Gasteiger charge is 2.13. The predicted molar refractivity (Wildman–Crippen MR) is 77.7 cm³/mol. The van der Waals surface area contributed by atoms with Gasteiger partial charge >= 0.3 is 0 Å². The van der Waals surface area contributed by atoms with Crippen LogP contribution in [0.15, 0.2) is 37.0 Å². The minimum atomic E-state index is -0.526. The van der Waals surface area contributed by atoms with Gasteiger partial charge in [0, 0.05) is 23.4 Å². The van der Waals surface area contributed by atoms with Crippen molar-refractivity contribution in [1.29, 1.82) is 0 Å². The molecule has 0 saturated heterocycles. The molecule has 0 spiro atoms. The fraction of sp³-hybridized carbons (Fsp3) is 0.0769. The molecule has 0 saturated carbocycles. The van der Waals surface area contributed by atoms with Gasteiger partial charge in [-0.25, -0.2) is 4.09 Å². The summed E-state index contributed by atoms with van der Waals surface area (Å²) >= 11 is 9.57. The highest BCUT2D eigenvalue weighted by atomic mass is 35.5. The van der Waals surface area contributed by atoms with Gasteiger partial charge in [-0.05, 0) is 36.0 Å². The zero-order chi connectivity index (χ0) is 13.8. The van der Waals surface area contributed by atoms with E-state index in [4.69, 9.17) is 16.3 Å². The smallest absolute Gasteiger partial charge is 0.252 e. The van der Waals surface area contributed by atoms with Crippen molar-refractivity contribution in [3.05, 3.63) is 53.7 Å². The molecule has 98 valence electrons. The number of rotatable bonds is 5. The van der Waals surface area contributed by atoms with Gasteiger partial charge in [0.2, 0.25) is 5.88 Å². The van der Waals surface area contributed by atoms with E-state index in [9.17, 15) is 4.79 Å². The number of carbonyl (C=O) groups excluding carboxylic acids is 1. The molecule has 0 unspecified atom stereocenters. The molecule has 0 atom stereocenters. The van der Waals surface area contributed by atoms with Gasteiger partial charge in [-0.15, -0.1) is 5.10 Å². The van der Waals surface area contributed by atoms with Crippen LogP contribution in [0.2, 0.25) is 0 Å². The Hall–Kier alpha value is -1.72. The van der Waals surface area contributed by atoms with Crippen LogP contribution in [0.25, 0.3) is 6.08 Å². The number of halogens is 1. The summed E-state index contributed by atoms with van der Waals surface area (Å²) in [6.07, 6.45) is 3.30. The van der Waals surface area contributed by atoms with Crippen LogP contribution in [0.4, 0.5) is 0 Å². The number of aromatic nitrogens is 2. The molecule has 0 aliphatic rings. The SMILES string of the molecule is C=Cc1cccc(C(=O)Cl)c1COc1ccn(S)n1. The van der Waals surface area contributed by atoms with Crippen LogP contribution in [0.5, 0.6) is 5.88 Å². The summed E-state index contributed by atoms with van der Waals surface area (Å²) in [6, 6.07) is 6.91. The van der Waals surface area contributed by atoms with Crippen molar-refractivity contribution in [1.82, 2.24) is 9.19 Å². The second-order valence-electron chi connectivity index (χ2n) is 3.71. The average molecular weight is 295 g/mol. The number of benzene rings is 1. The van der Waals surface area contributed by atoms with Gasteiger partial charge in [-0.2, -0.15) is 0 Å². The third kappa shape index (κ3) is 3.19. The van der Waals surface area contributed by atoms with Crippen LogP contribution in [0, 0.1) is 0 Å². The molecule has 2 rings (SSSR count). The Morgan fingerprint density at radius 1 is 1.53 bits per heavy atom. The Morgan fingerprint density at radius 3 is 2.89 bits per heavy atom. The zero-order valence-corrected chi connectivity index (χ0v) is 11.6. The molecule has 0 aliphatic carbocycles. The zero-order valence-electron chi connectivity index (χ0n) is 9.91. The summed E-state index contributed by atoms with van der Waals surface area (Å²) in [5.74, 6) is 0.418. The normalized spacial score (nSPS) is 10.2. The van der Waals surface area contributed by atoms with Gasteiger partial charge in [0.05, 0.1) is 0 Å². The largest absolute Gasteiger partial charge is 0.472 e. The number of ether oxygens (including phenoxy) is 1. The molecule has 1 aromatic carbocycles. The molecule has 0 amide bonds. The lowest BCUT2D eigenvalue weighted by molar-refractivity contribution is 0.107. The van der Waals surface area contributed by atoms with Crippen LogP contribution in [0.3, 0.4) is 0 Å². The first-order valence-corrected chi connectivity index (χ1v) is 6.21. The van der Waals surface area contributed by atoms with Crippen LogP contribution < -0.4 is 4.74 Å². The lowest BCUT2D eigenvalue weighted by Gasteiger charge is -2.10. The molecule has 0 N–H and O–H groups in total. The molecule has 1 aromatic heterocycles. The number of hydrogen-bond donors (Lipinski definition) is 1. The van der Waals surface area contributed by atoms with Gasteiger partial charge in [-0.3, -0.25) is 4.79 Å². The van der Waals surface area contributed by atoms with Gasteiger partial charge in [0.1, 0.15) is 6.61 Å². The first-order chi connectivity index (χ1) is 9.11. The van der Waals surface area contributed by atoms with Crippen LogP contribution >= 0.6 is 24.4 Å². The van der Waals surface area contributed by atoms with Crippen molar-refractivity contribution in [2.24, 2.45) is 0 Å².